The van der Waals surface area contributed by atoms with E-state index in [1.807, 2.05) is 45.2 Å². The zero-order valence-electron chi connectivity index (χ0n) is 15.7. The van der Waals surface area contributed by atoms with Gasteiger partial charge in [0.25, 0.3) is 5.69 Å². The summed E-state index contributed by atoms with van der Waals surface area (Å²) in [4.78, 5) is 35.3. The summed E-state index contributed by atoms with van der Waals surface area (Å²) < 4.78 is 69.6. The number of ether oxygens (including phenoxy) is 2. The number of nitrogens with zero attached hydrogens (tertiary/aromatic N) is 1. The third-order valence-electron chi connectivity index (χ3n) is 3.76. The highest BCUT2D eigenvalue weighted by atomic mass is 127. The Bertz CT molecular complexity index is 1290. The van der Waals surface area contributed by atoms with Gasteiger partial charge in [-0.2, -0.15) is 17.2 Å². The normalized spacial score (nSPS) is 11.8. The predicted octanol–water partition coefficient (Wildman–Crippen LogP) is 5.47. The molecule has 34 heavy (non-hydrogen) atoms. The van der Waals surface area contributed by atoms with Crippen LogP contribution < -0.4 is 4.74 Å². The van der Waals surface area contributed by atoms with Gasteiger partial charge in [0, 0.05) is 30.0 Å². The van der Waals surface area contributed by atoms with E-state index in [9.17, 15) is 36.9 Å². The van der Waals surface area contributed by atoms with Gasteiger partial charge in [-0.05, 0) is 119 Å². The molecule has 0 saturated carbocycles. The molecule has 0 unspecified atom stereocenters. The lowest BCUT2D eigenvalue weighted by Crippen LogP contribution is -2.34. The first kappa shape index (κ1) is 30.4. The number of benzene rings is 2. The Morgan fingerprint density at radius 1 is 1.00 bits per heavy atom. The Labute approximate surface area is 257 Å². The Morgan fingerprint density at radius 2 is 1.50 bits per heavy atom. The van der Waals surface area contributed by atoms with Crippen LogP contribution in [0.15, 0.2) is 18.2 Å². The molecular weight excluding hydrogens is 1050 g/mol. The van der Waals surface area contributed by atoms with Crippen molar-refractivity contribution in [2.24, 2.45) is 0 Å². The van der Waals surface area contributed by atoms with E-state index in [1.54, 1.807) is 0 Å². The number of carbonyl (C=O) groups excluding carboxylic acids is 2. The number of esters is 2. The second-order valence-electron chi connectivity index (χ2n) is 5.96. The second kappa shape index (κ2) is 11.7. The first-order valence-corrected chi connectivity index (χ1v) is 14.9. The third-order valence-corrected chi connectivity index (χ3v) is 14.2. The Hall–Kier alpha value is 0.200. The van der Waals surface area contributed by atoms with Crippen LogP contribution in [0.3, 0.4) is 0 Å². The quantitative estimate of drug-likeness (QED) is 0.0557. The third kappa shape index (κ3) is 6.74. The molecule has 184 valence electrons. The van der Waals surface area contributed by atoms with Crippen LogP contribution in [-0.4, -0.2) is 41.7 Å². The van der Waals surface area contributed by atoms with Crippen molar-refractivity contribution < 1.29 is 45.7 Å². The van der Waals surface area contributed by atoms with E-state index in [4.69, 9.17) is 9.29 Å². The highest BCUT2D eigenvalue weighted by molar-refractivity contribution is 14.1. The largest absolute Gasteiger partial charge is 0.454 e. The molecule has 0 spiro atoms. The molecular formula is C16H6F2I5NO9S. The van der Waals surface area contributed by atoms with Crippen LogP contribution in [0.25, 0.3) is 0 Å². The summed E-state index contributed by atoms with van der Waals surface area (Å²) in [5.41, 5.74) is -1.54. The van der Waals surface area contributed by atoms with E-state index >= 15 is 0 Å². The molecule has 0 aliphatic heterocycles. The second-order valence-corrected chi connectivity index (χ2v) is 12.9. The fourth-order valence-electron chi connectivity index (χ4n) is 2.15. The molecule has 1 N–H and O–H groups in total. The lowest BCUT2D eigenvalue weighted by Gasteiger charge is -2.14. The standard InChI is InChI=1S/C16H6F2I5NO9S/c17-16(18,34(29,30)31)4-32-14(25)6-3-5(1-2-7(6)24(27)28)33-15(26)8-9(19)11(21)13(23)12(22)10(8)20/h1-3H,4H2,(H,29,30,31). The SMILES string of the molecule is O=C(OCC(F)(F)S(=O)(=O)O)c1cc(OC(=O)c2c(I)c(I)c(I)c(I)c2I)ccc1[N+](=O)[O-]. The van der Waals surface area contributed by atoms with Crippen LogP contribution in [0.2, 0.25) is 0 Å². The molecule has 2 aromatic carbocycles. The zero-order valence-corrected chi connectivity index (χ0v) is 27.3. The maximum Gasteiger partial charge on any atom is 0.402 e. The van der Waals surface area contributed by atoms with Crippen LogP contribution in [-0.2, 0) is 14.9 Å². The molecule has 0 radical (unpaired) electrons. The van der Waals surface area contributed by atoms with Gasteiger partial charge in [-0.15, -0.1) is 0 Å². The van der Waals surface area contributed by atoms with E-state index in [1.165, 1.54) is 0 Å². The monoisotopic (exact) mass is 1060 g/mol. The van der Waals surface area contributed by atoms with E-state index in [0.29, 0.717) is 7.14 Å². The summed E-state index contributed by atoms with van der Waals surface area (Å²) in [6.07, 6.45) is 0. The van der Waals surface area contributed by atoms with Gasteiger partial charge in [-0.3, -0.25) is 14.7 Å². The topological polar surface area (TPSA) is 150 Å². The first-order valence-electron chi connectivity index (χ1n) is 8.03. The molecule has 0 bridgehead atoms. The minimum absolute atomic E-state index is 0.214. The summed E-state index contributed by atoms with van der Waals surface area (Å²) in [5.74, 6) is -2.87. The summed E-state index contributed by atoms with van der Waals surface area (Å²) in [6, 6.07) is 2.53. The van der Waals surface area contributed by atoms with E-state index < -0.39 is 50.1 Å². The smallest absolute Gasteiger partial charge is 0.402 e. The van der Waals surface area contributed by atoms with Gasteiger partial charge in [0.15, 0.2) is 6.61 Å². The molecule has 2 aromatic rings. The van der Waals surface area contributed by atoms with E-state index in [0.717, 1.165) is 28.9 Å². The first-order chi connectivity index (χ1) is 15.5. The van der Waals surface area contributed by atoms with Gasteiger partial charge < -0.3 is 9.47 Å². The van der Waals surface area contributed by atoms with Crippen molar-refractivity contribution in [2.75, 3.05) is 6.61 Å². The number of carbonyl (C=O) groups is 2. The van der Waals surface area contributed by atoms with Gasteiger partial charge in [0.1, 0.15) is 11.3 Å². The van der Waals surface area contributed by atoms with Crippen molar-refractivity contribution in [2.45, 2.75) is 5.25 Å². The van der Waals surface area contributed by atoms with Crippen LogP contribution >= 0.6 is 113 Å². The highest BCUT2D eigenvalue weighted by Gasteiger charge is 2.46. The molecule has 0 aliphatic carbocycles. The van der Waals surface area contributed by atoms with Crippen molar-refractivity contribution in [3.8, 4) is 5.75 Å². The zero-order chi connectivity index (χ0) is 26.2. The number of hydrogen-bond donors (Lipinski definition) is 1. The molecule has 0 amide bonds. The average molecular weight is 1060 g/mol. The van der Waals surface area contributed by atoms with Gasteiger partial charge in [-0.1, -0.05) is 0 Å². The summed E-state index contributed by atoms with van der Waals surface area (Å²) >= 11 is 10.2. The molecule has 2 rings (SSSR count). The summed E-state index contributed by atoms with van der Waals surface area (Å²) in [6.45, 7) is -2.10. The van der Waals surface area contributed by atoms with Gasteiger partial charge >= 0.3 is 27.3 Å². The van der Waals surface area contributed by atoms with Crippen LogP contribution in [0.5, 0.6) is 5.75 Å². The molecule has 10 nitrogen and oxygen atoms in total. The van der Waals surface area contributed by atoms with Crippen molar-refractivity contribution in [1.29, 1.82) is 0 Å². The molecule has 0 aliphatic rings. The minimum atomic E-state index is -5.90. The van der Waals surface area contributed by atoms with Crippen molar-refractivity contribution in [1.82, 2.24) is 0 Å². The Morgan fingerprint density at radius 3 is 1.97 bits per heavy atom. The van der Waals surface area contributed by atoms with Gasteiger partial charge in [-0.25, -0.2) is 9.59 Å². The Balaban J connectivity index is 2.42. The minimum Gasteiger partial charge on any atom is -0.454 e. The number of halogens is 7. The fourth-order valence-corrected chi connectivity index (χ4v) is 7.55. The number of nitro benzene ring substituents is 1. The lowest BCUT2D eigenvalue weighted by atomic mass is 10.1. The summed E-state index contributed by atoms with van der Waals surface area (Å²) in [5, 5.41) is 6.40. The maximum atomic E-state index is 13.4. The van der Waals surface area contributed by atoms with Crippen molar-refractivity contribution in [3.05, 3.63) is 57.3 Å². The lowest BCUT2D eigenvalue weighted by molar-refractivity contribution is -0.385. The van der Waals surface area contributed by atoms with E-state index in [-0.39, 0.29) is 11.3 Å². The maximum absolute atomic E-state index is 13.4. The van der Waals surface area contributed by atoms with Gasteiger partial charge in [0.05, 0.1) is 10.5 Å². The number of hydrogen-bond acceptors (Lipinski definition) is 8. The molecule has 0 fully saturated rings. The molecule has 0 atom stereocenters. The summed E-state index contributed by atoms with van der Waals surface area (Å²) in [7, 11) is -5.90. The fraction of sp³-hybridized carbons (Fsp3) is 0.125. The van der Waals surface area contributed by atoms with Gasteiger partial charge in [0.2, 0.25) is 0 Å². The van der Waals surface area contributed by atoms with Crippen LogP contribution in [0, 0.1) is 28.0 Å². The van der Waals surface area contributed by atoms with Crippen molar-refractivity contribution >= 4 is 141 Å². The molecule has 0 heterocycles. The molecule has 0 saturated heterocycles. The molecule has 0 aromatic heterocycles. The van der Waals surface area contributed by atoms with Crippen molar-refractivity contribution in [3.63, 3.8) is 0 Å². The number of alkyl halides is 2. The van der Waals surface area contributed by atoms with E-state index in [2.05, 4.69) is 72.5 Å². The predicted molar refractivity (Wildman–Crippen MR) is 155 cm³/mol. The Kier molecular flexibility index (Phi) is 10.5. The molecule has 18 heteroatoms. The number of rotatable bonds is 7. The average Bonchev–Trinajstić information content (AvgIpc) is 2.73. The number of nitro groups is 1. The highest BCUT2D eigenvalue weighted by Crippen LogP contribution is 2.35. The van der Waals surface area contributed by atoms with Crippen LogP contribution in [0.4, 0.5) is 14.5 Å². The van der Waals surface area contributed by atoms with Crippen LogP contribution in [0.1, 0.15) is 20.7 Å².